The highest BCUT2D eigenvalue weighted by Gasteiger charge is 2.36. The fourth-order valence-corrected chi connectivity index (χ4v) is 10.8. The van der Waals surface area contributed by atoms with Crippen molar-refractivity contribution in [1.82, 2.24) is 0 Å². The zero-order chi connectivity index (χ0) is 43.3. The fraction of sp³-hybridized carbons (Fsp3) is 0.0833. The topological polar surface area (TPSA) is 39.5 Å². The van der Waals surface area contributed by atoms with E-state index in [2.05, 4.69) is 219 Å². The summed E-state index contributed by atoms with van der Waals surface area (Å²) in [5.74, 6) is 1.67. The van der Waals surface area contributed by atoms with E-state index in [-0.39, 0.29) is 5.41 Å². The van der Waals surface area contributed by atoms with E-state index >= 15 is 0 Å². The molecule has 1 aliphatic carbocycles. The van der Waals surface area contributed by atoms with Gasteiger partial charge >= 0.3 is 0 Å². The lowest BCUT2D eigenvalue weighted by molar-refractivity contribution is 0.487. The van der Waals surface area contributed by atoms with Gasteiger partial charge < -0.3 is 14.5 Å². The van der Waals surface area contributed by atoms with Crippen molar-refractivity contribution < 1.29 is 4.74 Å². The second kappa shape index (κ2) is 14.2. The molecule has 4 heteroatoms. The monoisotopic (exact) mass is 821 g/mol. The minimum atomic E-state index is -0.124. The maximum atomic E-state index is 9.87. The molecule has 0 saturated carbocycles. The van der Waals surface area contributed by atoms with Gasteiger partial charge in [0, 0.05) is 50.6 Å². The summed E-state index contributed by atoms with van der Waals surface area (Å²) in [6.07, 6.45) is 0. The summed E-state index contributed by atoms with van der Waals surface area (Å²) in [5.41, 5.74) is 16.6. The SMILES string of the molecule is Cc1cc(C#N)cc(C)c1N(c1ccccc1)c1cc2c3cccc4c3c(cc2c2ccccc12)-c1ccc(N(c2ccccc2)c2ccc3c(c2)C(C)(C)c2ccccc2-3)cc1O4. The molecule has 0 bridgehead atoms. The van der Waals surface area contributed by atoms with Crippen molar-refractivity contribution in [2.24, 2.45) is 0 Å². The molecular formula is C60H43N3O. The predicted octanol–water partition coefficient (Wildman–Crippen LogP) is 16.7. The second-order valence-corrected chi connectivity index (χ2v) is 17.7. The molecule has 2 aliphatic rings. The number of hydrogen-bond acceptors (Lipinski definition) is 4. The first-order valence-electron chi connectivity index (χ1n) is 22.0. The number of hydrogen-bond donors (Lipinski definition) is 0. The number of rotatable bonds is 6. The van der Waals surface area contributed by atoms with Gasteiger partial charge in [-0.1, -0.05) is 117 Å². The smallest absolute Gasteiger partial charge is 0.137 e. The fourth-order valence-electron chi connectivity index (χ4n) is 10.8. The van der Waals surface area contributed by atoms with Gasteiger partial charge in [-0.3, -0.25) is 0 Å². The summed E-state index contributed by atoms with van der Waals surface area (Å²) in [4.78, 5) is 4.72. The summed E-state index contributed by atoms with van der Waals surface area (Å²) in [5, 5.41) is 16.8. The van der Waals surface area contributed by atoms with Crippen LogP contribution in [0, 0.1) is 25.2 Å². The summed E-state index contributed by atoms with van der Waals surface area (Å²) in [6.45, 7) is 8.88. The van der Waals surface area contributed by atoms with Gasteiger partial charge in [-0.15, -0.1) is 0 Å². The maximum absolute atomic E-state index is 9.87. The molecule has 12 rings (SSSR count). The zero-order valence-corrected chi connectivity index (χ0v) is 36.1. The first-order valence-corrected chi connectivity index (χ1v) is 22.0. The molecule has 0 saturated heterocycles. The highest BCUT2D eigenvalue weighted by molar-refractivity contribution is 6.25. The van der Waals surface area contributed by atoms with Gasteiger partial charge in [-0.2, -0.15) is 5.26 Å². The van der Waals surface area contributed by atoms with Crippen molar-refractivity contribution in [2.75, 3.05) is 9.80 Å². The van der Waals surface area contributed by atoms with Crippen LogP contribution in [-0.2, 0) is 5.41 Å². The molecule has 4 nitrogen and oxygen atoms in total. The standard InChI is InChI=1S/C60H43N3O/c1-37-30-39(36-61)31-38(2)59(37)63(41-18-9-6-10-19-41)55-35-51-49-23-15-25-56-58(49)52(34-50(51)44-20-11-12-22-47(44)55)48-29-27-43(33-57(48)64-56)62(40-16-7-5-8-17-40)42-26-28-46-45-21-13-14-24-53(45)60(3,4)54(46)32-42/h5-35H,1-4H3. The lowest BCUT2D eigenvalue weighted by Crippen LogP contribution is -2.16. The van der Waals surface area contributed by atoms with E-state index in [1.165, 1.54) is 33.0 Å². The average Bonchev–Trinajstić information content (AvgIpc) is 3.55. The Bertz CT molecular complexity index is 3580. The number of fused-ring (bicyclic) bond motifs is 9. The normalized spacial score (nSPS) is 12.9. The number of anilines is 6. The Morgan fingerprint density at radius 3 is 1.77 bits per heavy atom. The van der Waals surface area contributed by atoms with Crippen LogP contribution >= 0.6 is 0 Å². The maximum Gasteiger partial charge on any atom is 0.137 e. The zero-order valence-electron chi connectivity index (χ0n) is 36.1. The van der Waals surface area contributed by atoms with E-state index in [9.17, 15) is 5.26 Å². The van der Waals surface area contributed by atoms with Gasteiger partial charge in [0.05, 0.1) is 23.0 Å². The lowest BCUT2D eigenvalue weighted by atomic mass is 9.82. The van der Waals surface area contributed by atoms with Crippen molar-refractivity contribution in [3.8, 4) is 39.8 Å². The quantitative estimate of drug-likeness (QED) is 0.157. The first-order chi connectivity index (χ1) is 31.3. The van der Waals surface area contributed by atoms with E-state index in [0.29, 0.717) is 5.56 Å². The van der Waals surface area contributed by atoms with Crippen molar-refractivity contribution in [2.45, 2.75) is 33.1 Å². The van der Waals surface area contributed by atoms with E-state index in [1.54, 1.807) is 0 Å². The van der Waals surface area contributed by atoms with E-state index in [0.717, 1.165) is 89.4 Å². The van der Waals surface area contributed by atoms with Crippen molar-refractivity contribution in [1.29, 1.82) is 5.26 Å². The summed E-state index contributed by atoms with van der Waals surface area (Å²) in [6, 6.07) is 70.0. The Morgan fingerprint density at radius 2 is 1.03 bits per heavy atom. The molecule has 0 N–H and O–H groups in total. The minimum Gasteiger partial charge on any atom is -0.456 e. The van der Waals surface area contributed by atoms with E-state index in [4.69, 9.17) is 4.74 Å². The average molecular weight is 822 g/mol. The van der Waals surface area contributed by atoms with Crippen LogP contribution in [0.3, 0.4) is 0 Å². The van der Waals surface area contributed by atoms with Crippen molar-refractivity contribution >= 4 is 66.4 Å². The van der Waals surface area contributed by atoms with Gasteiger partial charge in [0.2, 0.25) is 0 Å². The number of ether oxygens (including phenoxy) is 1. The molecule has 0 spiro atoms. The summed E-state index contributed by atoms with van der Waals surface area (Å²) >= 11 is 0. The molecule has 1 heterocycles. The van der Waals surface area contributed by atoms with Gasteiger partial charge in [-0.05, 0) is 153 Å². The Balaban J connectivity index is 1.05. The lowest BCUT2D eigenvalue weighted by Gasteiger charge is -2.31. The summed E-state index contributed by atoms with van der Waals surface area (Å²) < 4.78 is 7.00. The molecule has 0 fully saturated rings. The second-order valence-electron chi connectivity index (χ2n) is 17.7. The Hall–Kier alpha value is -8.13. The molecule has 64 heavy (non-hydrogen) atoms. The molecule has 1 aliphatic heterocycles. The molecule has 0 atom stereocenters. The molecule has 10 aromatic carbocycles. The third-order valence-corrected chi connectivity index (χ3v) is 13.6. The van der Waals surface area contributed by atoms with Gasteiger partial charge in [-0.25, -0.2) is 0 Å². The highest BCUT2D eigenvalue weighted by atomic mass is 16.5. The van der Waals surface area contributed by atoms with Crippen LogP contribution in [-0.4, -0.2) is 0 Å². The molecular weight excluding hydrogens is 779 g/mol. The number of aryl methyl sites for hydroxylation is 2. The molecule has 0 radical (unpaired) electrons. The van der Waals surface area contributed by atoms with Crippen LogP contribution in [0.25, 0.3) is 54.6 Å². The molecule has 0 amide bonds. The largest absolute Gasteiger partial charge is 0.456 e. The van der Waals surface area contributed by atoms with E-state index < -0.39 is 0 Å². The number of benzene rings is 10. The van der Waals surface area contributed by atoms with Crippen molar-refractivity contribution in [3.63, 3.8) is 0 Å². The van der Waals surface area contributed by atoms with Crippen LogP contribution in [0.5, 0.6) is 11.5 Å². The van der Waals surface area contributed by atoms with Crippen molar-refractivity contribution in [3.05, 3.63) is 216 Å². The first kappa shape index (κ1) is 37.6. The van der Waals surface area contributed by atoms with Gasteiger partial charge in [0.1, 0.15) is 11.5 Å². The summed E-state index contributed by atoms with van der Waals surface area (Å²) in [7, 11) is 0. The minimum absolute atomic E-state index is 0.124. The van der Waals surface area contributed by atoms with Crippen LogP contribution in [0.2, 0.25) is 0 Å². The number of nitrogens with zero attached hydrogens (tertiary/aromatic N) is 3. The van der Waals surface area contributed by atoms with Crippen LogP contribution < -0.4 is 14.5 Å². The van der Waals surface area contributed by atoms with E-state index in [1.807, 2.05) is 12.1 Å². The van der Waals surface area contributed by atoms with Crippen LogP contribution in [0.1, 0.15) is 41.7 Å². The molecule has 304 valence electrons. The van der Waals surface area contributed by atoms with Crippen LogP contribution in [0.4, 0.5) is 34.1 Å². The third-order valence-electron chi connectivity index (χ3n) is 13.6. The molecule has 0 aromatic heterocycles. The van der Waals surface area contributed by atoms with Gasteiger partial charge in [0.25, 0.3) is 0 Å². The van der Waals surface area contributed by atoms with Gasteiger partial charge in [0.15, 0.2) is 0 Å². The molecule has 10 aromatic rings. The highest BCUT2D eigenvalue weighted by Crippen LogP contribution is 2.54. The third kappa shape index (κ3) is 5.61. The Kier molecular flexibility index (Phi) is 8.35. The van der Waals surface area contributed by atoms with Crippen LogP contribution in [0.15, 0.2) is 188 Å². The Morgan fingerprint density at radius 1 is 0.438 bits per heavy atom. The Labute approximate surface area is 373 Å². The predicted molar refractivity (Wildman–Crippen MR) is 266 cm³/mol. The number of nitriles is 1. The number of para-hydroxylation sites is 2. The molecule has 0 unspecified atom stereocenters.